The van der Waals surface area contributed by atoms with Crippen molar-refractivity contribution >= 4 is 5.82 Å². The number of benzene rings is 2. The molecular formula is C20H18N4. The molecule has 0 bridgehead atoms. The second-order valence-corrected chi connectivity index (χ2v) is 5.72. The Kier molecular flexibility index (Phi) is 4.53. The topological polar surface area (TPSA) is 75.6 Å². The molecule has 118 valence electrons. The van der Waals surface area contributed by atoms with Crippen molar-refractivity contribution in [2.24, 2.45) is 0 Å². The molecule has 3 rings (SSSR count). The van der Waals surface area contributed by atoms with Gasteiger partial charge in [-0.05, 0) is 25.3 Å². The van der Waals surface area contributed by atoms with Gasteiger partial charge in [0.15, 0.2) is 11.5 Å². The lowest BCUT2D eigenvalue weighted by Crippen LogP contribution is -2.06. The first-order valence-electron chi connectivity index (χ1n) is 7.85. The molecule has 0 saturated heterocycles. The number of nitriles is 1. The summed E-state index contributed by atoms with van der Waals surface area (Å²) in [7, 11) is 0. The molecule has 0 spiro atoms. The first-order chi connectivity index (χ1) is 11.7. The molecule has 2 aromatic carbocycles. The van der Waals surface area contributed by atoms with Crippen molar-refractivity contribution in [3.8, 4) is 17.3 Å². The van der Waals surface area contributed by atoms with Gasteiger partial charge in [0.25, 0.3) is 0 Å². The predicted molar refractivity (Wildman–Crippen MR) is 95.2 cm³/mol. The van der Waals surface area contributed by atoms with Crippen molar-refractivity contribution in [2.45, 2.75) is 19.8 Å². The third kappa shape index (κ3) is 3.41. The molecule has 2 N–H and O–H groups in total. The summed E-state index contributed by atoms with van der Waals surface area (Å²) in [6.07, 6.45) is 1.54. The maximum Gasteiger partial charge on any atom is 0.183 e. The Morgan fingerprint density at radius 2 is 1.67 bits per heavy atom. The highest BCUT2D eigenvalue weighted by molar-refractivity contribution is 5.65. The monoisotopic (exact) mass is 314 g/mol. The molecule has 4 heteroatoms. The minimum atomic E-state index is 0.177. The maximum absolute atomic E-state index is 9.19. The van der Waals surface area contributed by atoms with Crippen molar-refractivity contribution in [3.05, 3.63) is 77.1 Å². The standard InChI is InChI=1S/C20H18N4/c1-14-7-10-16(11-8-14)19-17(23-18(13-21)20(22)24-19)12-9-15-5-3-2-4-6-15/h2-8,10-11H,9,12H2,1H3,(H2,22,24). The van der Waals surface area contributed by atoms with Gasteiger partial charge in [-0.15, -0.1) is 0 Å². The zero-order valence-corrected chi connectivity index (χ0v) is 13.5. The van der Waals surface area contributed by atoms with Gasteiger partial charge >= 0.3 is 0 Å². The highest BCUT2D eigenvalue weighted by Gasteiger charge is 2.13. The van der Waals surface area contributed by atoms with Gasteiger partial charge in [-0.3, -0.25) is 0 Å². The predicted octanol–water partition coefficient (Wildman–Crippen LogP) is 3.69. The van der Waals surface area contributed by atoms with E-state index < -0.39 is 0 Å². The highest BCUT2D eigenvalue weighted by atomic mass is 14.9. The van der Waals surface area contributed by atoms with Crippen LogP contribution in [0.5, 0.6) is 0 Å². The van der Waals surface area contributed by atoms with E-state index >= 15 is 0 Å². The van der Waals surface area contributed by atoms with E-state index in [9.17, 15) is 5.26 Å². The fourth-order valence-corrected chi connectivity index (χ4v) is 2.59. The minimum Gasteiger partial charge on any atom is -0.381 e. The van der Waals surface area contributed by atoms with E-state index in [1.54, 1.807) is 0 Å². The van der Waals surface area contributed by atoms with Gasteiger partial charge < -0.3 is 5.73 Å². The lowest BCUT2D eigenvalue weighted by atomic mass is 10.0. The summed E-state index contributed by atoms with van der Waals surface area (Å²) in [6.45, 7) is 2.04. The summed E-state index contributed by atoms with van der Waals surface area (Å²) in [5, 5.41) is 9.19. The maximum atomic E-state index is 9.19. The van der Waals surface area contributed by atoms with Crippen molar-refractivity contribution in [1.29, 1.82) is 5.26 Å². The average Bonchev–Trinajstić information content (AvgIpc) is 2.62. The van der Waals surface area contributed by atoms with Crippen LogP contribution in [0.15, 0.2) is 54.6 Å². The van der Waals surface area contributed by atoms with E-state index in [4.69, 9.17) is 5.73 Å². The molecule has 3 aromatic rings. The summed E-state index contributed by atoms with van der Waals surface area (Å²) in [5.41, 5.74) is 11.0. The van der Waals surface area contributed by atoms with Crippen LogP contribution < -0.4 is 5.73 Å². The summed E-state index contributed by atoms with van der Waals surface area (Å²) in [4.78, 5) is 8.90. The van der Waals surface area contributed by atoms with Gasteiger partial charge in [-0.25, -0.2) is 9.97 Å². The van der Waals surface area contributed by atoms with Crippen LogP contribution >= 0.6 is 0 Å². The van der Waals surface area contributed by atoms with Crippen LogP contribution in [-0.2, 0) is 12.8 Å². The molecule has 0 radical (unpaired) electrons. The Morgan fingerprint density at radius 3 is 2.33 bits per heavy atom. The molecule has 0 aliphatic heterocycles. The summed E-state index contributed by atoms with van der Waals surface area (Å²) < 4.78 is 0. The number of nitrogens with two attached hydrogens (primary N) is 1. The van der Waals surface area contributed by atoms with Gasteiger partial charge in [0.1, 0.15) is 6.07 Å². The molecule has 0 amide bonds. The second-order valence-electron chi connectivity index (χ2n) is 5.72. The van der Waals surface area contributed by atoms with Crippen LogP contribution in [0.25, 0.3) is 11.3 Å². The Labute approximate surface area is 141 Å². The first kappa shape index (κ1) is 15.7. The largest absolute Gasteiger partial charge is 0.381 e. The molecule has 0 saturated carbocycles. The van der Waals surface area contributed by atoms with E-state index in [1.807, 2.05) is 55.5 Å². The third-order valence-corrected chi connectivity index (χ3v) is 3.92. The zero-order chi connectivity index (χ0) is 16.9. The fraction of sp³-hybridized carbons (Fsp3) is 0.150. The average molecular weight is 314 g/mol. The van der Waals surface area contributed by atoms with Crippen LogP contribution in [-0.4, -0.2) is 9.97 Å². The Morgan fingerprint density at radius 1 is 0.958 bits per heavy atom. The van der Waals surface area contributed by atoms with Crippen LogP contribution in [0.1, 0.15) is 22.5 Å². The Balaban J connectivity index is 1.99. The zero-order valence-electron chi connectivity index (χ0n) is 13.5. The Hall–Kier alpha value is -3.19. The van der Waals surface area contributed by atoms with E-state index in [0.717, 1.165) is 23.4 Å². The van der Waals surface area contributed by atoms with Crippen LogP contribution in [0.3, 0.4) is 0 Å². The quantitative estimate of drug-likeness (QED) is 0.797. The van der Waals surface area contributed by atoms with E-state index in [-0.39, 0.29) is 11.5 Å². The number of hydrogen-bond donors (Lipinski definition) is 1. The number of aromatic nitrogens is 2. The van der Waals surface area contributed by atoms with E-state index in [0.29, 0.717) is 6.42 Å². The second kappa shape index (κ2) is 6.93. The molecule has 4 nitrogen and oxygen atoms in total. The number of hydrogen-bond acceptors (Lipinski definition) is 4. The van der Waals surface area contributed by atoms with Crippen molar-refractivity contribution in [2.75, 3.05) is 5.73 Å². The van der Waals surface area contributed by atoms with Crippen LogP contribution in [0, 0.1) is 18.3 Å². The Bertz CT molecular complexity index is 878. The summed E-state index contributed by atoms with van der Waals surface area (Å²) in [5.74, 6) is 0.177. The number of aryl methyl sites for hydroxylation is 3. The number of nitrogen functional groups attached to an aromatic ring is 1. The molecule has 0 aliphatic rings. The molecule has 0 fully saturated rings. The lowest BCUT2D eigenvalue weighted by molar-refractivity contribution is 0.900. The number of rotatable bonds is 4. The van der Waals surface area contributed by atoms with Gasteiger partial charge in [0.2, 0.25) is 0 Å². The normalized spacial score (nSPS) is 10.3. The number of nitrogens with zero attached hydrogens (tertiary/aromatic N) is 3. The van der Waals surface area contributed by atoms with Gasteiger partial charge in [0.05, 0.1) is 11.4 Å². The smallest absolute Gasteiger partial charge is 0.183 e. The SMILES string of the molecule is Cc1ccc(-c2nc(N)c(C#N)nc2CCc2ccccc2)cc1. The van der Waals surface area contributed by atoms with Gasteiger partial charge in [0, 0.05) is 5.56 Å². The minimum absolute atomic E-state index is 0.177. The van der Waals surface area contributed by atoms with Crippen LogP contribution in [0.4, 0.5) is 5.82 Å². The summed E-state index contributed by atoms with van der Waals surface area (Å²) in [6, 6.07) is 20.3. The van der Waals surface area contributed by atoms with Gasteiger partial charge in [-0.2, -0.15) is 5.26 Å². The molecule has 0 unspecified atom stereocenters. The molecule has 0 atom stereocenters. The lowest BCUT2D eigenvalue weighted by Gasteiger charge is -2.10. The van der Waals surface area contributed by atoms with Crippen molar-refractivity contribution in [3.63, 3.8) is 0 Å². The van der Waals surface area contributed by atoms with E-state index in [1.165, 1.54) is 11.1 Å². The highest BCUT2D eigenvalue weighted by Crippen LogP contribution is 2.24. The van der Waals surface area contributed by atoms with Gasteiger partial charge in [-0.1, -0.05) is 60.2 Å². The van der Waals surface area contributed by atoms with Crippen LogP contribution in [0.2, 0.25) is 0 Å². The molecule has 24 heavy (non-hydrogen) atoms. The van der Waals surface area contributed by atoms with E-state index in [2.05, 4.69) is 22.1 Å². The molecule has 0 aliphatic carbocycles. The van der Waals surface area contributed by atoms with Crippen molar-refractivity contribution < 1.29 is 0 Å². The summed E-state index contributed by atoms with van der Waals surface area (Å²) >= 11 is 0. The first-order valence-corrected chi connectivity index (χ1v) is 7.85. The third-order valence-electron chi connectivity index (χ3n) is 3.92. The molecular weight excluding hydrogens is 296 g/mol. The molecule has 1 heterocycles. The molecule has 1 aromatic heterocycles. The van der Waals surface area contributed by atoms with Crippen molar-refractivity contribution in [1.82, 2.24) is 9.97 Å². The number of anilines is 1. The fourth-order valence-electron chi connectivity index (χ4n) is 2.59.